The van der Waals surface area contributed by atoms with Crippen molar-refractivity contribution < 1.29 is 26.5 Å². The second kappa shape index (κ2) is 24.2. The lowest BCUT2D eigenvalue weighted by molar-refractivity contribution is 0.668. The van der Waals surface area contributed by atoms with Crippen molar-refractivity contribution in [2.45, 2.75) is 0 Å². The molecule has 0 saturated heterocycles. The number of benzene rings is 18. The summed E-state index contributed by atoms with van der Waals surface area (Å²) in [4.78, 5) is 4.78. The Hall–Kier alpha value is -15.1. The molecule has 0 unspecified atom stereocenters. The molecule has 0 aliphatic rings. The molecule has 24 rings (SSSR count). The molecular weight excluding hydrogens is 1370 g/mol. The maximum absolute atomic E-state index is 6.94. The van der Waals surface area contributed by atoms with Gasteiger partial charge in [0.05, 0.1) is 33.5 Å². The Balaban J connectivity index is 0.567. The van der Waals surface area contributed by atoms with Crippen LogP contribution in [0.1, 0.15) is 0 Å². The predicted octanol–water partition coefficient (Wildman–Crippen LogP) is 30.7. The monoisotopic (exact) mass is 1430 g/mol. The number of nitrogens with zero attached hydrogens (tertiary/aromatic N) is 2. The van der Waals surface area contributed by atoms with Crippen molar-refractivity contribution in [1.82, 2.24) is 0 Å². The fourth-order valence-corrected chi connectivity index (χ4v) is 17.9. The summed E-state index contributed by atoms with van der Waals surface area (Å²) in [6, 6.07) is 130. The lowest BCUT2D eigenvalue weighted by atomic mass is 9.95. The van der Waals surface area contributed by atoms with Gasteiger partial charge < -0.3 is 36.3 Å². The molecule has 8 nitrogen and oxygen atoms in total. The third kappa shape index (κ3) is 9.62. The average molecular weight is 1430 g/mol. The van der Waals surface area contributed by atoms with Gasteiger partial charge in [0.15, 0.2) is 0 Å². The number of hydrogen-bond acceptors (Lipinski definition) is 8. The highest BCUT2D eigenvalue weighted by Crippen LogP contribution is 2.52. The van der Waals surface area contributed by atoms with E-state index in [1.165, 1.54) is 5.39 Å². The second-order valence-electron chi connectivity index (χ2n) is 29.3. The van der Waals surface area contributed by atoms with Gasteiger partial charge in [-0.25, -0.2) is 0 Å². The van der Waals surface area contributed by atoms with Crippen molar-refractivity contribution in [3.63, 3.8) is 0 Å². The van der Waals surface area contributed by atoms with E-state index in [1.807, 2.05) is 36.4 Å². The first-order valence-corrected chi connectivity index (χ1v) is 37.9. The van der Waals surface area contributed by atoms with E-state index in [2.05, 4.69) is 337 Å². The highest BCUT2D eigenvalue weighted by Gasteiger charge is 2.28. The number of hydrogen-bond donors (Lipinski definition) is 0. The van der Waals surface area contributed by atoms with Crippen LogP contribution in [0.4, 0.5) is 34.1 Å². The molecule has 112 heavy (non-hydrogen) atoms. The summed E-state index contributed by atoms with van der Waals surface area (Å²) in [5.41, 5.74) is 26.9. The summed E-state index contributed by atoms with van der Waals surface area (Å²) in [7, 11) is 0. The largest absolute Gasteiger partial charge is 0.456 e. The Morgan fingerprint density at radius 2 is 0.482 bits per heavy atom. The molecular formula is C104H60N2O6. The van der Waals surface area contributed by atoms with Crippen molar-refractivity contribution in [2.24, 2.45) is 0 Å². The van der Waals surface area contributed by atoms with E-state index in [0.29, 0.717) is 0 Å². The van der Waals surface area contributed by atoms with Crippen molar-refractivity contribution in [1.29, 1.82) is 0 Å². The van der Waals surface area contributed by atoms with E-state index in [0.717, 1.165) is 238 Å². The van der Waals surface area contributed by atoms with Crippen LogP contribution in [0.15, 0.2) is 390 Å². The van der Waals surface area contributed by atoms with Gasteiger partial charge in [-0.05, 0) is 224 Å². The summed E-state index contributed by atoms with van der Waals surface area (Å²) >= 11 is 0. The molecule has 0 N–H and O–H groups in total. The van der Waals surface area contributed by atoms with Crippen LogP contribution in [0.3, 0.4) is 0 Å². The highest BCUT2D eigenvalue weighted by molar-refractivity contribution is 6.21. The number of furan rings is 6. The zero-order valence-electron chi connectivity index (χ0n) is 60.0. The Morgan fingerprint density at radius 1 is 0.152 bits per heavy atom. The normalized spacial score (nSPS) is 12.1. The molecule has 0 aliphatic carbocycles. The van der Waals surface area contributed by atoms with Gasteiger partial charge in [0.25, 0.3) is 0 Å². The number of anilines is 6. The van der Waals surface area contributed by atoms with E-state index in [4.69, 9.17) is 26.5 Å². The molecule has 0 atom stereocenters. The van der Waals surface area contributed by atoms with Crippen LogP contribution in [-0.4, -0.2) is 0 Å². The number of fused-ring (bicyclic) bond motifs is 20. The summed E-state index contributed by atoms with van der Waals surface area (Å²) < 4.78 is 39.9. The van der Waals surface area contributed by atoms with Crippen LogP contribution in [0.2, 0.25) is 0 Å². The molecule has 0 amide bonds. The van der Waals surface area contributed by atoms with E-state index in [1.54, 1.807) is 0 Å². The molecule has 0 aliphatic heterocycles. The zero-order chi connectivity index (χ0) is 73.2. The van der Waals surface area contributed by atoms with Crippen molar-refractivity contribution in [3.8, 4) is 55.6 Å². The Morgan fingerprint density at radius 3 is 1.04 bits per heavy atom. The molecule has 24 aromatic rings. The van der Waals surface area contributed by atoms with Gasteiger partial charge in [-0.15, -0.1) is 0 Å². The molecule has 8 heteroatoms. The minimum absolute atomic E-state index is 0.815. The lowest BCUT2D eigenvalue weighted by Gasteiger charge is -2.29. The van der Waals surface area contributed by atoms with E-state index in [9.17, 15) is 0 Å². The first-order chi connectivity index (χ1) is 55.5. The lowest BCUT2D eigenvalue weighted by Crippen LogP contribution is -2.11. The molecule has 6 aromatic heterocycles. The molecule has 18 aromatic carbocycles. The Kier molecular flexibility index (Phi) is 13.4. The van der Waals surface area contributed by atoms with Gasteiger partial charge in [-0.3, -0.25) is 0 Å². The molecule has 0 bridgehead atoms. The average Bonchev–Trinajstić information content (AvgIpc) is 1.56. The van der Waals surface area contributed by atoms with Gasteiger partial charge in [0, 0.05) is 76.4 Å². The molecule has 0 radical (unpaired) electrons. The standard InChI is InChI=1S/C104H60N2O6/c1-2-18-64-57-99-83(55-63(64)17-1)101-78(24-13-33-93(101)110-99)73-19-3-8-26-85(73)106(88-29-16-36-96-104(88)81-23-7-12-32-91(81)109-96)72-48-41-62(42-49-72)68-43-50-76-77-51-44-69(59-98(77)112-97(76)58-68)65-37-38-67-56-84-100(60-70(67)53-65)111-94-34-14-25-79(102(84)94)74-20-4-9-27-86(74)105(87-28-15-35-95-103(87)80-22-6-11-31-90(80)108-95)71-46-39-61(40-47-71)66-45-52-92-82(54-66)75-21-5-10-30-89(75)107-92/h1-60H. The van der Waals surface area contributed by atoms with Gasteiger partial charge in [0.1, 0.15) is 67.0 Å². The molecule has 0 saturated carbocycles. The molecule has 0 fully saturated rings. The Labute approximate surface area is 639 Å². The molecule has 0 spiro atoms. The van der Waals surface area contributed by atoms with Crippen LogP contribution in [0.25, 0.3) is 209 Å². The Bertz CT molecular complexity index is 8040. The first-order valence-electron chi connectivity index (χ1n) is 37.9. The van der Waals surface area contributed by atoms with Crippen molar-refractivity contribution >= 4 is 187 Å². The summed E-state index contributed by atoms with van der Waals surface area (Å²) in [5, 5.41) is 17.3. The van der Waals surface area contributed by atoms with Crippen LogP contribution in [0, 0.1) is 0 Å². The predicted molar refractivity (Wildman–Crippen MR) is 462 cm³/mol. The van der Waals surface area contributed by atoms with Gasteiger partial charge >= 0.3 is 0 Å². The minimum Gasteiger partial charge on any atom is -0.456 e. The van der Waals surface area contributed by atoms with Crippen molar-refractivity contribution in [3.05, 3.63) is 364 Å². The highest BCUT2D eigenvalue weighted by atomic mass is 16.3. The molecule has 6 heterocycles. The summed E-state index contributed by atoms with van der Waals surface area (Å²) in [6.07, 6.45) is 0. The van der Waals surface area contributed by atoms with Crippen LogP contribution >= 0.6 is 0 Å². The third-order valence-corrected chi connectivity index (χ3v) is 23.0. The zero-order valence-corrected chi connectivity index (χ0v) is 60.0. The topological polar surface area (TPSA) is 85.3 Å². The van der Waals surface area contributed by atoms with Crippen molar-refractivity contribution in [2.75, 3.05) is 9.80 Å². The quantitative estimate of drug-likeness (QED) is 0.127. The number of rotatable bonds is 11. The van der Waals surface area contributed by atoms with Gasteiger partial charge in [-0.2, -0.15) is 0 Å². The van der Waals surface area contributed by atoms with Crippen LogP contribution in [0.5, 0.6) is 0 Å². The minimum atomic E-state index is 0.815. The van der Waals surface area contributed by atoms with E-state index < -0.39 is 0 Å². The number of para-hydroxylation sites is 5. The summed E-state index contributed by atoms with van der Waals surface area (Å²) in [6.45, 7) is 0. The second-order valence-corrected chi connectivity index (χ2v) is 29.3. The fourth-order valence-electron chi connectivity index (χ4n) is 17.9. The van der Waals surface area contributed by atoms with Crippen LogP contribution < -0.4 is 9.80 Å². The maximum atomic E-state index is 6.94. The smallest absolute Gasteiger partial charge is 0.137 e. The van der Waals surface area contributed by atoms with Gasteiger partial charge in [-0.1, -0.05) is 206 Å². The molecule has 522 valence electrons. The third-order valence-electron chi connectivity index (χ3n) is 23.0. The van der Waals surface area contributed by atoms with Gasteiger partial charge in [0.2, 0.25) is 0 Å². The maximum Gasteiger partial charge on any atom is 0.137 e. The fraction of sp³-hybridized carbons (Fsp3) is 0. The first kappa shape index (κ1) is 62.0. The van der Waals surface area contributed by atoms with E-state index >= 15 is 0 Å². The van der Waals surface area contributed by atoms with Crippen LogP contribution in [-0.2, 0) is 0 Å². The summed E-state index contributed by atoms with van der Waals surface area (Å²) in [5.74, 6) is 0. The SMILES string of the molecule is c1ccc(N(c2ccc(-c3ccc4c(c3)oc3cc(-c5ccc6cc7c(cc6c5)oc5cccc(-c6ccccc6N(c6ccc(-c8ccc9oc%10ccccc%10c9c8)cc6)c6cccc8oc9ccccc9c68)c57)ccc34)cc2)c2cccc3oc4ccccc4c23)c(-c2cccc3oc4cc5ccccc5cc4c23)c1. The van der Waals surface area contributed by atoms with E-state index in [-0.39, 0.29) is 0 Å².